The van der Waals surface area contributed by atoms with E-state index in [4.69, 9.17) is 0 Å². The summed E-state index contributed by atoms with van der Waals surface area (Å²) < 4.78 is 27.2. The van der Waals surface area contributed by atoms with Crippen molar-refractivity contribution in [2.75, 3.05) is 5.32 Å². The van der Waals surface area contributed by atoms with Crippen LogP contribution in [0.1, 0.15) is 16.7 Å². The predicted molar refractivity (Wildman–Crippen MR) is 89.5 cm³/mol. The van der Waals surface area contributed by atoms with Crippen molar-refractivity contribution in [2.45, 2.75) is 20.4 Å². The smallest absolute Gasteiger partial charge is 0.277 e. The van der Waals surface area contributed by atoms with Gasteiger partial charge < -0.3 is 5.32 Å². The standard InChI is InChI=1S/C19H16F2N2O2/c1-11-3-5-13(6-4-11)10-23-18(24)9-17(19(23)25)22-14-7-15(20)12(2)16(21)8-14/h3-9,22H,10H2,1-2H3. The fraction of sp³-hybridized carbons (Fsp3) is 0.158. The van der Waals surface area contributed by atoms with E-state index in [0.29, 0.717) is 0 Å². The van der Waals surface area contributed by atoms with Crippen molar-refractivity contribution < 1.29 is 18.4 Å². The molecule has 0 atom stereocenters. The second-order valence-corrected chi connectivity index (χ2v) is 5.96. The van der Waals surface area contributed by atoms with Crippen LogP contribution in [-0.4, -0.2) is 16.7 Å². The fourth-order valence-corrected chi connectivity index (χ4v) is 2.50. The molecule has 4 nitrogen and oxygen atoms in total. The van der Waals surface area contributed by atoms with Crippen LogP contribution in [0.2, 0.25) is 0 Å². The highest BCUT2D eigenvalue weighted by Gasteiger charge is 2.31. The van der Waals surface area contributed by atoms with Gasteiger partial charge >= 0.3 is 0 Å². The summed E-state index contributed by atoms with van der Waals surface area (Å²) >= 11 is 0. The summed E-state index contributed by atoms with van der Waals surface area (Å²) in [6, 6.07) is 9.63. The maximum atomic E-state index is 13.6. The van der Waals surface area contributed by atoms with E-state index in [2.05, 4.69) is 5.32 Å². The molecule has 128 valence electrons. The predicted octanol–water partition coefficient (Wildman–Crippen LogP) is 3.45. The molecule has 0 saturated carbocycles. The van der Waals surface area contributed by atoms with E-state index in [1.807, 2.05) is 31.2 Å². The lowest BCUT2D eigenvalue weighted by atomic mass is 10.1. The van der Waals surface area contributed by atoms with Gasteiger partial charge in [0.15, 0.2) is 0 Å². The quantitative estimate of drug-likeness (QED) is 0.866. The molecule has 2 aromatic carbocycles. The number of carbonyl (C=O) groups is 2. The fourth-order valence-electron chi connectivity index (χ4n) is 2.50. The Bertz CT molecular complexity index is 866. The number of rotatable bonds is 4. The molecule has 2 aromatic rings. The van der Waals surface area contributed by atoms with Crippen molar-refractivity contribution in [2.24, 2.45) is 0 Å². The summed E-state index contributed by atoms with van der Waals surface area (Å²) in [5.41, 5.74) is 1.85. The molecule has 0 saturated heterocycles. The highest BCUT2D eigenvalue weighted by Crippen LogP contribution is 2.22. The highest BCUT2D eigenvalue weighted by atomic mass is 19.1. The second kappa shape index (κ2) is 6.47. The second-order valence-electron chi connectivity index (χ2n) is 5.96. The number of benzene rings is 2. The molecular weight excluding hydrogens is 326 g/mol. The van der Waals surface area contributed by atoms with E-state index in [-0.39, 0.29) is 23.5 Å². The maximum absolute atomic E-state index is 13.6. The summed E-state index contributed by atoms with van der Waals surface area (Å²) in [6.07, 6.45) is 1.13. The number of anilines is 1. The Morgan fingerprint density at radius 2 is 1.60 bits per heavy atom. The molecule has 1 aliphatic rings. The summed E-state index contributed by atoms with van der Waals surface area (Å²) in [5.74, 6) is -2.46. The number of carbonyl (C=O) groups excluding carboxylic acids is 2. The largest absolute Gasteiger partial charge is 0.351 e. The highest BCUT2D eigenvalue weighted by molar-refractivity contribution is 6.17. The van der Waals surface area contributed by atoms with Crippen LogP contribution in [0.4, 0.5) is 14.5 Å². The third-order valence-corrected chi connectivity index (χ3v) is 4.03. The zero-order valence-electron chi connectivity index (χ0n) is 13.8. The lowest BCUT2D eigenvalue weighted by Crippen LogP contribution is -2.31. The topological polar surface area (TPSA) is 49.4 Å². The minimum Gasteiger partial charge on any atom is -0.351 e. The van der Waals surface area contributed by atoms with Crippen LogP contribution in [0.5, 0.6) is 0 Å². The lowest BCUT2D eigenvalue weighted by molar-refractivity contribution is -0.137. The van der Waals surface area contributed by atoms with Gasteiger partial charge in [-0.25, -0.2) is 8.78 Å². The van der Waals surface area contributed by atoms with E-state index >= 15 is 0 Å². The average molecular weight is 342 g/mol. The summed E-state index contributed by atoms with van der Waals surface area (Å²) in [7, 11) is 0. The van der Waals surface area contributed by atoms with Crippen LogP contribution < -0.4 is 5.32 Å². The van der Waals surface area contributed by atoms with Crippen LogP contribution in [0.15, 0.2) is 48.2 Å². The van der Waals surface area contributed by atoms with Crippen LogP contribution in [0, 0.1) is 25.5 Å². The van der Waals surface area contributed by atoms with Gasteiger partial charge in [-0.1, -0.05) is 29.8 Å². The third-order valence-electron chi connectivity index (χ3n) is 4.03. The van der Waals surface area contributed by atoms with Crippen LogP contribution in [0.3, 0.4) is 0 Å². The molecule has 0 radical (unpaired) electrons. The Hall–Kier alpha value is -3.02. The number of hydrogen-bond acceptors (Lipinski definition) is 3. The van der Waals surface area contributed by atoms with Gasteiger partial charge in [0.25, 0.3) is 11.8 Å². The van der Waals surface area contributed by atoms with Crippen LogP contribution in [0.25, 0.3) is 0 Å². The van der Waals surface area contributed by atoms with E-state index in [9.17, 15) is 18.4 Å². The van der Waals surface area contributed by atoms with Gasteiger partial charge in [-0.15, -0.1) is 0 Å². The monoisotopic (exact) mass is 342 g/mol. The molecule has 25 heavy (non-hydrogen) atoms. The molecular formula is C19H16F2N2O2. The van der Waals surface area contributed by atoms with Crippen LogP contribution in [-0.2, 0) is 16.1 Å². The van der Waals surface area contributed by atoms with Gasteiger partial charge in [-0.2, -0.15) is 0 Å². The normalized spacial score (nSPS) is 14.1. The maximum Gasteiger partial charge on any atom is 0.277 e. The van der Waals surface area contributed by atoms with Gasteiger partial charge in [-0.05, 0) is 31.5 Å². The van der Waals surface area contributed by atoms with Gasteiger partial charge in [0, 0.05) is 17.3 Å². The van der Waals surface area contributed by atoms with Crippen molar-refractivity contribution in [3.8, 4) is 0 Å². The molecule has 0 unspecified atom stereocenters. The van der Waals surface area contributed by atoms with Gasteiger partial charge in [0.2, 0.25) is 0 Å². The first-order chi connectivity index (χ1) is 11.8. The molecule has 0 aromatic heterocycles. The van der Waals surface area contributed by atoms with Crippen LogP contribution >= 0.6 is 0 Å². The van der Waals surface area contributed by atoms with Gasteiger partial charge in [0.05, 0.1) is 6.54 Å². The van der Waals surface area contributed by atoms with Gasteiger partial charge in [0.1, 0.15) is 17.3 Å². The zero-order valence-corrected chi connectivity index (χ0v) is 13.8. The minimum atomic E-state index is -0.726. The Morgan fingerprint density at radius 1 is 1.00 bits per heavy atom. The van der Waals surface area contributed by atoms with Crippen molar-refractivity contribution in [3.63, 3.8) is 0 Å². The molecule has 0 fully saturated rings. The summed E-state index contributed by atoms with van der Waals surface area (Å²) in [5, 5.41) is 2.62. The number of hydrogen-bond donors (Lipinski definition) is 1. The molecule has 6 heteroatoms. The SMILES string of the molecule is Cc1ccc(CN2C(=O)C=C(Nc3cc(F)c(C)c(F)c3)C2=O)cc1. The van der Waals surface area contributed by atoms with E-state index in [0.717, 1.165) is 34.2 Å². The molecule has 2 amide bonds. The van der Waals surface area contributed by atoms with E-state index in [1.54, 1.807) is 0 Å². The van der Waals surface area contributed by atoms with E-state index < -0.39 is 23.4 Å². The third kappa shape index (κ3) is 3.42. The number of imide groups is 1. The van der Waals surface area contributed by atoms with Crippen molar-refractivity contribution in [1.82, 2.24) is 4.90 Å². The lowest BCUT2D eigenvalue weighted by Gasteiger charge is -2.15. The molecule has 0 aliphatic carbocycles. The number of halogens is 2. The van der Waals surface area contributed by atoms with Crippen molar-refractivity contribution >= 4 is 17.5 Å². The minimum absolute atomic E-state index is 0.0141. The molecule has 0 spiro atoms. The Kier molecular flexibility index (Phi) is 4.35. The first-order valence-electron chi connectivity index (χ1n) is 7.71. The summed E-state index contributed by atoms with van der Waals surface area (Å²) in [6.45, 7) is 3.40. The summed E-state index contributed by atoms with van der Waals surface area (Å²) in [4.78, 5) is 25.6. The molecule has 1 aliphatic heterocycles. The number of nitrogens with zero attached hydrogens (tertiary/aromatic N) is 1. The molecule has 1 N–H and O–H groups in total. The number of aryl methyl sites for hydroxylation is 1. The Balaban J connectivity index is 1.76. The number of nitrogens with one attached hydrogen (secondary N) is 1. The average Bonchev–Trinajstić information content (AvgIpc) is 2.82. The van der Waals surface area contributed by atoms with Crippen molar-refractivity contribution in [3.05, 3.63) is 76.5 Å². The Labute approximate surface area is 143 Å². The van der Waals surface area contributed by atoms with Gasteiger partial charge in [-0.3, -0.25) is 14.5 Å². The zero-order chi connectivity index (χ0) is 18.1. The Morgan fingerprint density at radius 3 is 2.20 bits per heavy atom. The molecule has 1 heterocycles. The van der Waals surface area contributed by atoms with E-state index in [1.165, 1.54) is 6.92 Å². The first kappa shape index (κ1) is 16.8. The van der Waals surface area contributed by atoms with Crippen molar-refractivity contribution in [1.29, 1.82) is 0 Å². The molecule has 3 rings (SSSR count). The molecule has 0 bridgehead atoms. The first-order valence-corrected chi connectivity index (χ1v) is 7.71. The number of amides is 2.